The molecule has 0 amide bonds. The topological polar surface area (TPSA) is 64.9 Å². The number of aromatic nitrogens is 1. The zero-order chi connectivity index (χ0) is 9.68. The lowest BCUT2D eigenvalue weighted by Gasteiger charge is -2.04. The summed E-state index contributed by atoms with van der Waals surface area (Å²) in [6.07, 6.45) is 2.60. The highest BCUT2D eigenvalue weighted by atomic mass is 32.1. The van der Waals surface area contributed by atoms with Crippen LogP contribution in [0, 0.1) is 0 Å². The highest BCUT2D eigenvalue weighted by Crippen LogP contribution is 2.20. The van der Waals surface area contributed by atoms with Crippen molar-refractivity contribution in [1.82, 2.24) is 4.98 Å². The van der Waals surface area contributed by atoms with Gasteiger partial charge in [-0.25, -0.2) is 4.98 Å². The molecule has 0 unspecified atom stereocenters. The molecular formula is C7H11N5S. The average molecular weight is 197 g/mol. The molecule has 1 rings (SSSR count). The Labute approximate surface area is 80.6 Å². The van der Waals surface area contributed by atoms with Crippen LogP contribution in [0.25, 0.3) is 10.4 Å². The Kier molecular flexibility index (Phi) is 3.54. The average Bonchev–Trinajstić information content (AvgIpc) is 2.53. The molecule has 0 bridgehead atoms. The molecule has 1 heterocycles. The number of nitrogens with zero attached hydrogens (tertiary/aromatic N) is 5. The predicted molar refractivity (Wildman–Crippen MR) is 54.2 cm³/mol. The Hall–Kier alpha value is -1.26. The highest BCUT2D eigenvalue weighted by Gasteiger charge is 2.01. The van der Waals surface area contributed by atoms with Crippen LogP contribution in [0.1, 0.15) is 4.88 Å². The molecule has 0 spiro atoms. The van der Waals surface area contributed by atoms with Gasteiger partial charge in [-0.15, -0.1) is 11.3 Å². The standard InChI is InChI=1S/C7H11N5S/c1-12(2)7-9-5-6(13-7)3-4-10-11-8/h5H,3-4H2,1-2H3. The van der Waals surface area contributed by atoms with E-state index in [1.54, 1.807) is 11.3 Å². The maximum Gasteiger partial charge on any atom is 0.184 e. The van der Waals surface area contributed by atoms with Crippen molar-refractivity contribution < 1.29 is 0 Å². The van der Waals surface area contributed by atoms with Crippen molar-refractivity contribution >= 4 is 16.5 Å². The van der Waals surface area contributed by atoms with E-state index in [0.717, 1.165) is 16.4 Å². The van der Waals surface area contributed by atoms with Gasteiger partial charge in [-0.05, 0) is 12.0 Å². The van der Waals surface area contributed by atoms with Gasteiger partial charge in [0.15, 0.2) is 5.13 Å². The summed E-state index contributed by atoms with van der Waals surface area (Å²) >= 11 is 1.62. The van der Waals surface area contributed by atoms with Crippen LogP contribution in [0.4, 0.5) is 5.13 Å². The first kappa shape index (κ1) is 9.83. The first-order chi connectivity index (χ1) is 6.24. The summed E-state index contributed by atoms with van der Waals surface area (Å²) in [5.74, 6) is 0. The van der Waals surface area contributed by atoms with E-state index in [1.165, 1.54) is 0 Å². The molecule has 0 N–H and O–H groups in total. The molecule has 0 aromatic carbocycles. The Morgan fingerprint density at radius 1 is 1.69 bits per heavy atom. The molecule has 0 atom stereocenters. The molecule has 0 fully saturated rings. The van der Waals surface area contributed by atoms with Crippen LogP contribution in [-0.4, -0.2) is 25.6 Å². The number of anilines is 1. The molecule has 0 saturated carbocycles. The van der Waals surface area contributed by atoms with Gasteiger partial charge >= 0.3 is 0 Å². The van der Waals surface area contributed by atoms with Crippen LogP contribution < -0.4 is 4.90 Å². The van der Waals surface area contributed by atoms with E-state index >= 15 is 0 Å². The van der Waals surface area contributed by atoms with Crippen LogP contribution in [0.2, 0.25) is 0 Å². The zero-order valence-electron chi connectivity index (χ0n) is 7.64. The van der Waals surface area contributed by atoms with Crippen molar-refractivity contribution in [1.29, 1.82) is 0 Å². The molecule has 0 aliphatic rings. The van der Waals surface area contributed by atoms with E-state index in [2.05, 4.69) is 15.0 Å². The van der Waals surface area contributed by atoms with Gasteiger partial charge in [0.05, 0.1) is 0 Å². The Morgan fingerprint density at radius 3 is 3.00 bits per heavy atom. The van der Waals surface area contributed by atoms with E-state index in [0.29, 0.717) is 6.54 Å². The summed E-state index contributed by atoms with van der Waals surface area (Å²) in [4.78, 5) is 10.0. The van der Waals surface area contributed by atoms with Crippen molar-refractivity contribution in [2.45, 2.75) is 6.42 Å². The summed E-state index contributed by atoms with van der Waals surface area (Å²) in [7, 11) is 3.91. The maximum atomic E-state index is 8.08. The minimum atomic E-state index is 0.506. The first-order valence-corrected chi connectivity index (χ1v) is 4.68. The lowest BCUT2D eigenvalue weighted by molar-refractivity contribution is 0.970. The van der Waals surface area contributed by atoms with Crippen LogP contribution in [0.5, 0.6) is 0 Å². The second kappa shape index (κ2) is 4.69. The molecule has 1 aromatic rings. The quantitative estimate of drug-likeness (QED) is 0.421. The summed E-state index contributed by atoms with van der Waals surface area (Å²) < 4.78 is 0. The monoisotopic (exact) mass is 197 g/mol. The van der Waals surface area contributed by atoms with E-state index < -0.39 is 0 Å². The number of azide groups is 1. The maximum absolute atomic E-state index is 8.08. The van der Waals surface area contributed by atoms with Crippen LogP contribution in [0.15, 0.2) is 11.3 Å². The van der Waals surface area contributed by atoms with E-state index in [4.69, 9.17) is 5.53 Å². The summed E-state index contributed by atoms with van der Waals surface area (Å²) in [6, 6.07) is 0. The molecule has 5 nitrogen and oxygen atoms in total. The Balaban J connectivity index is 2.53. The lowest BCUT2D eigenvalue weighted by atomic mass is 10.4. The molecule has 0 radical (unpaired) electrons. The summed E-state index contributed by atoms with van der Waals surface area (Å²) in [5, 5.41) is 4.45. The van der Waals surface area contributed by atoms with Crippen molar-refractivity contribution in [2.75, 3.05) is 25.5 Å². The highest BCUT2D eigenvalue weighted by molar-refractivity contribution is 7.15. The third-order valence-electron chi connectivity index (χ3n) is 1.45. The first-order valence-electron chi connectivity index (χ1n) is 3.87. The largest absolute Gasteiger partial charge is 0.354 e. The van der Waals surface area contributed by atoms with Gasteiger partial charge in [0, 0.05) is 36.6 Å². The SMILES string of the molecule is CN(C)c1ncc(CCN=[N+]=[N-])s1. The third-order valence-corrected chi connectivity index (χ3v) is 2.67. The Morgan fingerprint density at radius 2 is 2.46 bits per heavy atom. The number of thiazole rings is 1. The van der Waals surface area contributed by atoms with Gasteiger partial charge < -0.3 is 4.90 Å². The van der Waals surface area contributed by atoms with Gasteiger partial charge in [0.1, 0.15) is 0 Å². The predicted octanol–water partition coefficient (Wildman–Crippen LogP) is 2.06. The second-order valence-electron chi connectivity index (χ2n) is 2.71. The fourth-order valence-electron chi connectivity index (χ4n) is 0.824. The molecule has 0 aliphatic carbocycles. The van der Waals surface area contributed by atoms with Crippen molar-refractivity contribution in [3.63, 3.8) is 0 Å². The summed E-state index contributed by atoms with van der Waals surface area (Å²) in [6.45, 7) is 0.506. The van der Waals surface area contributed by atoms with Gasteiger partial charge in [-0.3, -0.25) is 0 Å². The fraction of sp³-hybridized carbons (Fsp3) is 0.571. The van der Waals surface area contributed by atoms with Crippen LogP contribution in [-0.2, 0) is 6.42 Å². The van der Waals surface area contributed by atoms with E-state index in [-0.39, 0.29) is 0 Å². The molecular weight excluding hydrogens is 186 g/mol. The lowest BCUT2D eigenvalue weighted by Crippen LogP contribution is -2.07. The Bertz CT molecular complexity index is 312. The van der Waals surface area contributed by atoms with Crippen LogP contribution >= 0.6 is 11.3 Å². The third kappa shape index (κ3) is 2.93. The molecule has 6 heteroatoms. The normalized spacial score (nSPS) is 9.38. The summed E-state index contributed by atoms with van der Waals surface area (Å²) in [5.41, 5.74) is 8.08. The number of rotatable bonds is 4. The van der Waals surface area contributed by atoms with Gasteiger partial charge in [-0.2, -0.15) is 0 Å². The van der Waals surface area contributed by atoms with Gasteiger partial charge in [0.2, 0.25) is 0 Å². The number of hydrogen-bond donors (Lipinski definition) is 0. The molecule has 1 aromatic heterocycles. The van der Waals surface area contributed by atoms with Crippen molar-refractivity contribution in [3.8, 4) is 0 Å². The van der Waals surface area contributed by atoms with Gasteiger partial charge in [-0.1, -0.05) is 5.11 Å². The van der Waals surface area contributed by atoms with E-state index in [9.17, 15) is 0 Å². The molecule has 13 heavy (non-hydrogen) atoms. The smallest absolute Gasteiger partial charge is 0.184 e. The second-order valence-corrected chi connectivity index (χ2v) is 3.80. The van der Waals surface area contributed by atoms with Crippen LogP contribution in [0.3, 0.4) is 0 Å². The van der Waals surface area contributed by atoms with E-state index in [1.807, 2.05) is 25.2 Å². The van der Waals surface area contributed by atoms with Crippen molar-refractivity contribution in [2.24, 2.45) is 5.11 Å². The minimum Gasteiger partial charge on any atom is -0.354 e. The van der Waals surface area contributed by atoms with Crippen molar-refractivity contribution in [3.05, 3.63) is 21.5 Å². The fourth-order valence-corrected chi connectivity index (χ4v) is 1.65. The molecule has 0 aliphatic heterocycles. The van der Waals surface area contributed by atoms with Gasteiger partial charge in [0.25, 0.3) is 0 Å². The molecule has 70 valence electrons. The zero-order valence-corrected chi connectivity index (χ0v) is 8.45. The molecule has 0 saturated heterocycles. The minimum absolute atomic E-state index is 0.506. The number of hydrogen-bond acceptors (Lipinski definition) is 4.